The highest BCUT2D eigenvalue weighted by Crippen LogP contribution is 2.34. The van der Waals surface area contributed by atoms with Gasteiger partial charge in [-0.2, -0.15) is 0 Å². The van der Waals surface area contributed by atoms with Crippen molar-refractivity contribution in [3.05, 3.63) is 59.4 Å². The molecule has 2 aromatic carbocycles. The quantitative estimate of drug-likeness (QED) is 0.891. The van der Waals surface area contributed by atoms with E-state index in [0.29, 0.717) is 5.75 Å². The summed E-state index contributed by atoms with van der Waals surface area (Å²) in [5.74, 6) is 0.240. The fraction of sp³-hybridized carbons (Fsp3) is 0.278. The zero-order valence-electron chi connectivity index (χ0n) is 12.9. The molecule has 0 heterocycles. The molecule has 0 saturated heterocycles. The molecule has 2 aromatic rings. The molecule has 0 aliphatic heterocycles. The number of halogens is 1. The number of benzene rings is 2. The van der Waals surface area contributed by atoms with Gasteiger partial charge in [-0.15, -0.1) is 0 Å². The molecule has 0 spiro atoms. The normalized spacial score (nSPS) is 15.1. The topological polar surface area (TPSA) is 64.3 Å². The molecular formula is C18H19FN2O2. The van der Waals surface area contributed by atoms with Gasteiger partial charge >= 0.3 is 0 Å². The van der Waals surface area contributed by atoms with E-state index >= 15 is 0 Å². The number of carbonyl (C=O) groups is 1. The van der Waals surface area contributed by atoms with Gasteiger partial charge in [-0.1, -0.05) is 12.1 Å². The van der Waals surface area contributed by atoms with Crippen LogP contribution in [0.25, 0.3) is 0 Å². The molecule has 1 aliphatic rings. The number of hydrogen-bond donors (Lipinski definition) is 2. The molecule has 0 unspecified atom stereocenters. The minimum Gasteiger partial charge on any atom is -0.489 e. The predicted molar refractivity (Wildman–Crippen MR) is 86.7 cm³/mol. The zero-order valence-corrected chi connectivity index (χ0v) is 12.9. The van der Waals surface area contributed by atoms with E-state index in [1.54, 1.807) is 24.3 Å². The van der Waals surface area contributed by atoms with Gasteiger partial charge < -0.3 is 15.8 Å². The van der Waals surface area contributed by atoms with Gasteiger partial charge in [0.2, 0.25) is 5.91 Å². The lowest BCUT2D eigenvalue weighted by Gasteiger charge is -2.14. The Morgan fingerprint density at radius 1 is 1.30 bits per heavy atom. The summed E-state index contributed by atoms with van der Waals surface area (Å²) in [6, 6.07) is 11.7. The molecule has 1 saturated carbocycles. The fourth-order valence-corrected chi connectivity index (χ4v) is 2.27. The minimum absolute atomic E-state index is 0.144. The van der Waals surface area contributed by atoms with Crippen LogP contribution >= 0.6 is 0 Å². The molecule has 0 aromatic heterocycles. The van der Waals surface area contributed by atoms with Gasteiger partial charge in [0.25, 0.3) is 0 Å². The summed E-state index contributed by atoms with van der Waals surface area (Å²) < 4.78 is 18.8. The molecule has 1 amide bonds. The van der Waals surface area contributed by atoms with Gasteiger partial charge in [0.15, 0.2) is 0 Å². The Morgan fingerprint density at radius 2 is 2.09 bits per heavy atom. The minimum atomic E-state index is -0.695. The average molecular weight is 314 g/mol. The van der Waals surface area contributed by atoms with Crippen LogP contribution in [0.4, 0.5) is 10.1 Å². The van der Waals surface area contributed by atoms with Gasteiger partial charge in [-0.25, -0.2) is 4.39 Å². The standard InChI is InChI=1S/C18H19FN2O2/c1-12-9-15(23-11-13-3-2-4-14(19)10-13)5-6-16(12)21-17(22)18(20)7-8-18/h2-6,9-10H,7-8,11,20H2,1H3,(H,21,22). The van der Waals surface area contributed by atoms with Crippen molar-refractivity contribution in [2.24, 2.45) is 5.73 Å². The Kier molecular flexibility index (Phi) is 4.05. The van der Waals surface area contributed by atoms with Crippen molar-refractivity contribution < 1.29 is 13.9 Å². The Balaban J connectivity index is 1.63. The van der Waals surface area contributed by atoms with Crippen molar-refractivity contribution in [3.8, 4) is 5.75 Å². The van der Waals surface area contributed by atoms with Crippen LogP contribution in [0.1, 0.15) is 24.0 Å². The summed E-state index contributed by atoms with van der Waals surface area (Å²) in [5.41, 5.74) is 7.56. The first kappa shape index (κ1) is 15.5. The maximum atomic E-state index is 13.1. The highest BCUT2D eigenvalue weighted by molar-refractivity contribution is 6.00. The van der Waals surface area contributed by atoms with E-state index in [9.17, 15) is 9.18 Å². The number of aryl methyl sites for hydroxylation is 1. The highest BCUT2D eigenvalue weighted by atomic mass is 19.1. The molecule has 0 bridgehead atoms. The van der Waals surface area contributed by atoms with Crippen molar-refractivity contribution in [2.75, 3.05) is 5.32 Å². The lowest BCUT2D eigenvalue weighted by molar-refractivity contribution is -0.118. The second kappa shape index (κ2) is 6.01. The van der Waals surface area contributed by atoms with E-state index in [4.69, 9.17) is 10.5 Å². The van der Waals surface area contributed by atoms with Gasteiger partial charge in [-0.3, -0.25) is 4.79 Å². The maximum Gasteiger partial charge on any atom is 0.244 e. The van der Waals surface area contributed by atoms with Crippen molar-refractivity contribution >= 4 is 11.6 Å². The molecule has 5 heteroatoms. The van der Waals surface area contributed by atoms with Crippen LogP contribution in [0.5, 0.6) is 5.75 Å². The average Bonchev–Trinajstić information content (AvgIpc) is 3.27. The second-order valence-corrected chi connectivity index (χ2v) is 6.01. The largest absolute Gasteiger partial charge is 0.489 e. The third kappa shape index (κ3) is 3.68. The molecule has 1 fully saturated rings. The Labute approximate surface area is 134 Å². The van der Waals surface area contributed by atoms with E-state index in [1.165, 1.54) is 12.1 Å². The number of nitrogens with two attached hydrogens (primary N) is 1. The smallest absolute Gasteiger partial charge is 0.244 e. The Hall–Kier alpha value is -2.40. The molecule has 4 nitrogen and oxygen atoms in total. The SMILES string of the molecule is Cc1cc(OCc2cccc(F)c2)ccc1NC(=O)C1(N)CC1. The van der Waals surface area contributed by atoms with Crippen LogP contribution in [0.3, 0.4) is 0 Å². The van der Waals surface area contributed by atoms with Crippen LogP contribution in [-0.4, -0.2) is 11.4 Å². The van der Waals surface area contributed by atoms with E-state index in [1.807, 2.05) is 13.0 Å². The summed E-state index contributed by atoms with van der Waals surface area (Å²) in [5, 5.41) is 2.85. The first-order valence-electron chi connectivity index (χ1n) is 7.54. The monoisotopic (exact) mass is 314 g/mol. The maximum absolute atomic E-state index is 13.1. The van der Waals surface area contributed by atoms with Gasteiger partial charge in [0.05, 0.1) is 5.54 Å². The molecule has 3 N–H and O–H groups in total. The van der Waals surface area contributed by atoms with Crippen LogP contribution < -0.4 is 15.8 Å². The molecule has 23 heavy (non-hydrogen) atoms. The van der Waals surface area contributed by atoms with Gasteiger partial charge in [-0.05, 0) is 61.2 Å². The van der Waals surface area contributed by atoms with Crippen molar-refractivity contribution in [1.29, 1.82) is 0 Å². The number of rotatable bonds is 5. The molecular weight excluding hydrogens is 295 g/mol. The van der Waals surface area contributed by atoms with Crippen LogP contribution in [0.15, 0.2) is 42.5 Å². The molecule has 3 rings (SSSR count). The van der Waals surface area contributed by atoms with Crippen LogP contribution in [0.2, 0.25) is 0 Å². The third-order valence-corrected chi connectivity index (χ3v) is 3.98. The van der Waals surface area contributed by atoms with Crippen molar-refractivity contribution in [3.63, 3.8) is 0 Å². The second-order valence-electron chi connectivity index (χ2n) is 6.01. The zero-order chi connectivity index (χ0) is 16.4. The number of nitrogens with one attached hydrogen (secondary N) is 1. The first-order chi connectivity index (χ1) is 11.0. The van der Waals surface area contributed by atoms with Crippen LogP contribution in [0, 0.1) is 12.7 Å². The Bertz CT molecular complexity index is 742. The predicted octanol–water partition coefficient (Wildman–Crippen LogP) is 3.14. The third-order valence-electron chi connectivity index (χ3n) is 3.98. The fourth-order valence-electron chi connectivity index (χ4n) is 2.27. The summed E-state index contributed by atoms with van der Waals surface area (Å²) in [7, 11) is 0. The number of carbonyl (C=O) groups excluding carboxylic acids is 1. The van der Waals surface area contributed by atoms with Gasteiger partial charge in [0, 0.05) is 5.69 Å². The van der Waals surface area contributed by atoms with E-state index in [-0.39, 0.29) is 18.3 Å². The van der Waals surface area contributed by atoms with Crippen molar-refractivity contribution in [2.45, 2.75) is 31.9 Å². The summed E-state index contributed by atoms with van der Waals surface area (Å²) in [6.45, 7) is 2.18. The molecule has 120 valence electrons. The number of hydrogen-bond acceptors (Lipinski definition) is 3. The van der Waals surface area contributed by atoms with E-state index < -0.39 is 5.54 Å². The Morgan fingerprint density at radius 3 is 2.74 bits per heavy atom. The molecule has 1 aliphatic carbocycles. The first-order valence-corrected chi connectivity index (χ1v) is 7.54. The summed E-state index contributed by atoms with van der Waals surface area (Å²) in [6.07, 6.45) is 1.46. The summed E-state index contributed by atoms with van der Waals surface area (Å²) >= 11 is 0. The lowest BCUT2D eigenvalue weighted by Crippen LogP contribution is -2.37. The van der Waals surface area contributed by atoms with E-state index in [2.05, 4.69) is 5.32 Å². The summed E-state index contributed by atoms with van der Waals surface area (Å²) in [4.78, 5) is 12.0. The van der Waals surface area contributed by atoms with E-state index in [0.717, 1.165) is 29.7 Å². The number of amides is 1. The van der Waals surface area contributed by atoms with Crippen LogP contribution in [-0.2, 0) is 11.4 Å². The number of anilines is 1. The molecule has 0 radical (unpaired) electrons. The van der Waals surface area contributed by atoms with Crippen molar-refractivity contribution in [1.82, 2.24) is 0 Å². The number of ether oxygens (including phenoxy) is 1. The molecule has 0 atom stereocenters. The lowest BCUT2D eigenvalue weighted by atomic mass is 10.1. The van der Waals surface area contributed by atoms with Gasteiger partial charge in [0.1, 0.15) is 18.2 Å². The highest BCUT2D eigenvalue weighted by Gasteiger charge is 2.46.